The van der Waals surface area contributed by atoms with Gasteiger partial charge in [0.1, 0.15) is 5.75 Å². The number of benzene rings is 2. The van der Waals surface area contributed by atoms with Gasteiger partial charge in [-0.1, -0.05) is 12.1 Å². The minimum atomic E-state index is -1.20. The number of rotatable bonds is 5. The lowest BCUT2D eigenvalue weighted by Gasteiger charge is -2.26. The van der Waals surface area contributed by atoms with Gasteiger partial charge >= 0.3 is 5.97 Å². The molecule has 0 bridgehead atoms. The summed E-state index contributed by atoms with van der Waals surface area (Å²) in [6.07, 6.45) is 0.938. The maximum absolute atomic E-state index is 12.6. The Hall–Kier alpha value is -3.35. The van der Waals surface area contributed by atoms with Gasteiger partial charge in [-0.2, -0.15) is 0 Å². The minimum Gasteiger partial charge on any atom is -0.497 e. The van der Waals surface area contributed by atoms with E-state index in [1.165, 1.54) is 7.11 Å². The minimum absolute atomic E-state index is 0.0312. The standard InChI is InChI=1S/C20H20N2O5/c1-22-16-8-6-14(10-12(16)7-9-17(22)23)19(24)21-18(20(25)26)13-4-3-5-15(11-13)27-2/h3-6,8,10-11,18H,7,9H2,1-2H3,(H,21,24)(H,25,26). The van der Waals surface area contributed by atoms with Gasteiger partial charge in [-0.25, -0.2) is 4.79 Å². The maximum Gasteiger partial charge on any atom is 0.330 e. The number of aryl methyl sites for hydroxylation is 1. The van der Waals surface area contributed by atoms with E-state index in [-0.39, 0.29) is 5.91 Å². The Morgan fingerprint density at radius 3 is 2.67 bits per heavy atom. The first-order valence-corrected chi connectivity index (χ1v) is 8.48. The second-order valence-electron chi connectivity index (χ2n) is 6.32. The number of carbonyl (C=O) groups is 3. The average molecular weight is 368 g/mol. The molecule has 1 unspecified atom stereocenters. The molecule has 1 aliphatic heterocycles. The van der Waals surface area contributed by atoms with E-state index in [9.17, 15) is 19.5 Å². The molecular weight excluding hydrogens is 348 g/mol. The Morgan fingerprint density at radius 1 is 1.19 bits per heavy atom. The normalized spacial score (nSPS) is 14.3. The molecule has 0 radical (unpaired) electrons. The summed E-state index contributed by atoms with van der Waals surface area (Å²) < 4.78 is 5.12. The number of nitrogens with one attached hydrogen (secondary N) is 1. The summed E-state index contributed by atoms with van der Waals surface area (Å²) >= 11 is 0. The van der Waals surface area contributed by atoms with Crippen LogP contribution in [0.4, 0.5) is 5.69 Å². The van der Waals surface area contributed by atoms with Crippen molar-refractivity contribution in [3.05, 3.63) is 59.2 Å². The number of hydrogen-bond acceptors (Lipinski definition) is 4. The molecule has 2 aromatic rings. The van der Waals surface area contributed by atoms with Crippen LogP contribution in [0.2, 0.25) is 0 Å². The van der Waals surface area contributed by atoms with Gasteiger partial charge in [-0.05, 0) is 47.9 Å². The van der Waals surface area contributed by atoms with Crippen LogP contribution in [0, 0.1) is 0 Å². The first-order valence-electron chi connectivity index (χ1n) is 8.48. The van der Waals surface area contributed by atoms with Crippen molar-refractivity contribution < 1.29 is 24.2 Å². The third-order valence-electron chi connectivity index (χ3n) is 4.63. The second kappa shape index (κ2) is 7.49. The van der Waals surface area contributed by atoms with Crippen LogP contribution in [-0.2, 0) is 16.0 Å². The molecule has 1 heterocycles. The average Bonchev–Trinajstić information content (AvgIpc) is 2.68. The van der Waals surface area contributed by atoms with Crippen LogP contribution in [0.3, 0.4) is 0 Å². The van der Waals surface area contributed by atoms with Crippen LogP contribution in [0.1, 0.15) is 33.9 Å². The van der Waals surface area contributed by atoms with Crippen molar-refractivity contribution in [3.63, 3.8) is 0 Å². The number of fused-ring (bicyclic) bond motifs is 1. The quantitative estimate of drug-likeness (QED) is 0.843. The van der Waals surface area contributed by atoms with Gasteiger partial charge < -0.3 is 20.1 Å². The van der Waals surface area contributed by atoms with Crippen LogP contribution >= 0.6 is 0 Å². The van der Waals surface area contributed by atoms with Gasteiger partial charge in [0.15, 0.2) is 6.04 Å². The molecule has 7 heteroatoms. The lowest BCUT2D eigenvalue weighted by atomic mass is 9.98. The summed E-state index contributed by atoms with van der Waals surface area (Å²) in [5.74, 6) is -1.12. The van der Waals surface area contributed by atoms with Crippen molar-refractivity contribution >= 4 is 23.5 Å². The molecule has 0 aliphatic carbocycles. The summed E-state index contributed by atoms with van der Waals surface area (Å²) in [6, 6.07) is 10.4. The molecule has 1 aliphatic rings. The van der Waals surface area contributed by atoms with Gasteiger partial charge in [0.05, 0.1) is 7.11 Å². The number of carboxylic acids is 1. The number of anilines is 1. The lowest BCUT2D eigenvalue weighted by Crippen LogP contribution is -2.34. The molecular formula is C20H20N2O5. The van der Waals surface area contributed by atoms with E-state index >= 15 is 0 Å². The highest BCUT2D eigenvalue weighted by Gasteiger charge is 2.25. The Kier molecular flexibility index (Phi) is 5.12. The first-order chi connectivity index (χ1) is 12.9. The summed E-state index contributed by atoms with van der Waals surface area (Å²) in [5, 5.41) is 12.1. The molecule has 27 heavy (non-hydrogen) atoms. The fourth-order valence-corrected chi connectivity index (χ4v) is 3.12. The van der Waals surface area contributed by atoms with Crippen LogP contribution in [-0.4, -0.2) is 37.0 Å². The van der Waals surface area contributed by atoms with Crippen molar-refractivity contribution in [2.24, 2.45) is 0 Å². The number of methoxy groups -OCH3 is 1. The zero-order chi connectivity index (χ0) is 19.6. The molecule has 7 nitrogen and oxygen atoms in total. The highest BCUT2D eigenvalue weighted by molar-refractivity contribution is 6.00. The van der Waals surface area contributed by atoms with Crippen LogP contribution < -0.4 is 15.0 Å². The van der Waals surface area contributed by atoms with Crippen molar-refractivity contribution in [3.8, 4) is 5.75 Å². The molecule has 2 N–H and O–H groups in total. The van der Waals surface area contributed by atoms with Crippen LogP contribution in [0.15, 0.2) is 42.5 Å². The molecule has 1 atom stereocenters. The number of carboxylic acid groups (broad SMARTS) is 1. The van der Waals surface area contributed by atoms with Gasteiger partial charge in [0.2, 0.25) is 5.91 Å². The zero-order valence-electron chi connectivity index (χ0n) is 15.1. The molecule has 3 rings (SSSR count). The van der Waals surface area contributed by atoms with Gasteiger partial charge in [-0.3, -0.25) is 9.59 Å². The Morgan fingerprint density at radius 2 is 1.96 bits per heavy atom. The van der Waals surface area contributed by atoms with E-state index in [1.54, 1.807) is 54.4 Å². The molecule has 2 amide bonds. The predicted molar refractivity (Wildman–Crippen MR) is 99.0 cm³/mol. The SMILES string of the molecule is COc1cccc(C(NC(=O)c2ccc3c(c2)CCC(=O)N3C)C(=O)O)c1. The van der Waals surface area contributed by atoms with E-state index in [0.29, 0.717) is 29.7 Å². The number of amides is 2. The second-order valence-corrected chi connectivity index (χ2v) is 6.32. The van der Waals surface area contributed by atoms with Crippen LogP contribution in [0.25, 0.3) is 0 Å². The van der Waals surface area contributed by atoms with Crippen molar-refractivity contribution in [2.45, 2.75) is 18.9 Å². The van der Waals surface area contributed by atoms with Gasteiger partial charge in [-0.15, -0.1) is 0 Å². The predicted octanol–water partition coefficient (Wildman–Crippen LogP) is 2.16. The van der Waals surface area contributed by atoms with E-state index in [4.69, 9.17) is 4.74 Å². The summed E-state index contributed by atoms with van der Waals surface area (Å²) in [6.45, 7) is 0. The maximum atomic E-state index is 12.6. The monoisotopic (exact) mass is 368 g/mol. The third-order valence-corrected chi connectivity index (χ3v) is 4.63. The van der Waals surface area contributed by atoms with E-state index in [0.717, 1.165) is 11.3 Å². The Labute approximate surface area is 156 Å². The third kappa shape index (κ3) is 3.76. The highest BCUT2D eigenvalue weighted by atomic mass is 16.5. The first kappa shape index (κ1) is 18.4. The van der Waals surface area contributed by atoms with Crippen molar-refractivity contribution in [2.75, 3.05) is 19.1 Å². The van der Waals surface area contributed by atoms with E-state index in [2.05, 4.69) is 5.32 Å². The molecule has 0 saturated heterocycles. The summed E-state index contributed by atoms with van der Waals surface area (Å²) in [4.78, 5) is 37.7. The molecule has 140 valence electrons. The fourth-order valence-electron chi connectivity index (χ4n) is 3.12. The van der Waals surface area contributed by atoms with E-state index < -0.39 is 17.9 Å². The number of carbonyl (C=O) groups excluding carboxylic acids is 2. The fraction of sp³-hybridized carbons (Fsp3) is 0.250. The Balaban J connectivity index is 1.84. The summed E-state index contributed by atoms with van der Waals surface area (Å²) in [7, 11) is 3.19. The summed E-state index contributed by atoms with van der Waals surface area (Å²) in [5.41, 5.74) is 2.42. The van der Waals surface area contributed by atoms with Gasteiger partial charge in [0, 0.05) is 24.7 Å². The van der Waals surface area contributed by atoms with Crippen molar-refractivity contribution in [1.82, 2.24) is 5.32 Å². The topological polar surface area (TPSA) is 95.9 Å². The van der Waals surface area contributed by atoms with E-state index in [1.807, 2.05) is 0 Å². The van der Waals surface area contributed by atoms with Crippen LogP contribution in [0.5, 0.6) is 5.75 Å². The smallest absolute Gasteiger partial charge is 0.330 e. The molecule has 0 spiro atoms. The molecule has 0 fully saturated rings. The zero-order valence-corrected chi connectivity index (χ0v) is 15.1. The Bertz CT molecular complexity index is 909. The number of nitrogens with zero attached hydrogens (tertiary/aromatic N) is 1. The lowest BCUT2D eigenvalue weighted by molar-refractivity contribution is -0.139. The van der Waals surface area contributed by atoms with Crippen molar-refractivity contribution in [1.29, 1.82) is 0 Å². The highest BCUT2D eigenvalue weighted by Crippen LogP contribution is 2.28. The number of ether oxygens (including phenoxy) is 1. The van der Waals surface area contributed by atoms with Gasteiger partial charge in [0.25, 0.3) is 5.91 Å². The number of hydrogen-bond donors (Lipinski definition) is 2. The largest absolute Gasteiger partial charge is 0.497 e. The number of aliphatic carboxylic acids is 1. The molecule has 0 saturated carbocycles. The molecule has 0 aromatic heterocycles. The molecule has 2 aromatic carbocycles.